The molecule has 0 saturated heterocycles. The van der Waals surface area contributed by atoms with E-state index < -0.39 is 0 Å². The number of thioether (sulfide) groups is 1. The molecule has 68 valence electrons. The van der Waals surface area contributed by atoms with Gasteiger partial charge in [0.1, 0.15) is 0 Å². The fraction of sp³-hybridized carbons (Fsp3) is 0.111. The van der Waals surface area contributed by atoms with Gasteiger partial charge in [-0.15, -0.1) is 0 Å². The minimum atomic E-state index is -0.0710. The molecule has 13 heavy (non-hydrogen) atoms. The Labute approximate surface area is 80.5 Å². The summed E-state index contributed by atoms with van der Waals surface area (Å²) < 4.78 is 0. The standard InChI is InChI=1S/C9H9NO2S/c11-7-10-6-9(12)13-8-4-2-1-3-5-8/h1-5,7H,6H2,(H,10,11). The van der Waals surface area contributed by atoms with Crippen LogP contribution in [0.1, 0.15) is 0 Å². The maximum atomic E-state index is 11.1. The van der Waals surface area contributed by atoms with Gasteiger partial charge in [0.25, 0.3) is 0 Å². The number of carbonyl (C=O) groups is 2. The van der Waals surface area contributed by atoms with Crippen molar-refractivity contribution in [3.63, 3.8) is 0 Å². The highest BCUT2D eigenvalue weighted by atomic mass is 32.2. The molecular formula is C9H9NO2S. The molecule has 1 amide bonds. The summed E-state index contributed by atoms with van der Waals surface area (Å²) in [7, 11) is 0. The summed E-state index contributed by atoms with van der Waals surface area (Å²) in [5.41, 5.74) is 0. The zero-order chi connectivity index (χ0) is 9.52. The Balaban J connectivity index is 2.41. The van der Waals surface area contributed by atoms with E-state index in [1.165, 1.54) is 0 Å². The van der Waals surface area contributed by atoms with Crippen molar-refractivity contribution in [2.75, 3.05) is 6.54 Å². The third-order valence-corrected chi connectivity index (χ3v) is 2.18. The minimum Gasteiger partial charge on any atom is -0.351 e. The highest BCUT2D eigenvalue weighted by molar-refractivity contribution is 8.13. The molecular weight excluding hydrogens is 186 g/mol. The Kier molecular flexibility index (Phi) is 4.05. The molecule has 0 aliphatic carbocycles. The number of nitrogens with one attached hydrogen (secondary N) is 1. The van der Waals surface area contributed by atoms with Crippen molar-refractivity contribution < 1.29 is 9.59 Å². The molecule has 1 N–H and O–H groups in total. The lowest BCUT2D eigenvalue weighted by molar-refractivity contribution is -0.114. The average molecular weight is 195 g/mol. The first kappa shape index (κ1) is 9.80. The normalized spacial score (nSPS) is 9.23. The van der Waals surface area contributed by atoms with Gasteiger partial charge in [-0.3, -0.25) is 9.59 Å². The lowest BCUT2D eigenvalue weighted by Gasteiger charge is -1.98. The quantitative estimate of drug-likeness (QED) is 0.577. The van der Waals surface area contributed by atoms with Crippen molar-refractivity contribution >= 4 is 23.3 Å². The van der Waals surface area contributed by atoms with E-state index in [0.717, 1.165) is 16.7 Å². The SMILES string of the molecule is O=CNCC(=O)Sc1ccccc1. The van der Waals surface area contributed by atoms with Crippen LogP contribution in [-0.2, 0) is 9.59 Å². The van der Waals surface area contributed by atoms with E-state index in [0.29, 0.717) is 6.41 Å². The monoisotopic (exact) mass is 195 g/mol. The van der Waals surface area contributed by atoms with Crippen molar-refractivity contribution in [2.24, 2.45) is 0 Å². The van der Waals surface area contributed by atoms with Crippen LogP contribution in [-0.4, -0.2) is 18.1 Å². The number of hydrogen-bond acceptors (Lipinski definition) is 3. The third-order valence-electron chi connectivity index (χ3n) is 1.30. The maximum Gasteiger partial charge on any atom is 0.212 e. The van der Waals surface area contributed by atoms with Gasteiger partial charge in [0.2, 0.25) is 11.5 Å². The molecule has 1 aromatic carbocycles. The average Bonchev–Trinajstić information content (AvgIpc) is 2.16. The molecule has 0 unspecified atom stereocenters. The number of rotatable bonds is 4. The number of hydrogen-bond donors (Lipinski definition) is 1. The van der Waals surface area contributed by atoms with Crippen molar-refractivity contribution in [2.45, 2.75) is 4.90 Å². The zero-order valence-electron chi connectivity index (χ0n) is 6.90. The smallest absolute Gasteiger partial charge is 0.212 e. The van der Waals surface area contributed by atoms with Crippen LogP contribution in [0, 0.1) is 0 Å². The van der Waals surface area contributed by atoms with Gasteiger partial charge >= 0.3 is 0 Å². The van der Waals surface area contributed by atoms with E-state index in [1.54, 1.807) is 0 Å². The molecule has 0 aliphatic rings. The molecule has 0 bridgehead atoms. The van der Waals surface area contributed by atoms with Gasteiger partial charge < -0.3 is 5.32 Å². The number of amides is 1. The highest BCUT2D eigenvalue weighted by Gasteiger charge is 2.02. The van der Waals surface area contributed by atoms with Gasteiger partial charge in [-0.1, -0.05) is 30.0 Å². The lowest BCUT2D eigenvalue weighted by Crippen LogP contribution is -2.18. The summed E-state index contributed by atoms with van der Waals surface area (Å²) in [5.74, 6) is 0. The summed E-state index contributed by atoms with van der Waals surface area (Å²) in [6.45, 7) is 0.0725. The maximum absolute atomic E-state index is 11.1. The Morgan fingerprint density at radius 1 is 1.38 bits per heavy atom. The van der Waals surface area contributed by atoms with Crippen molar-refractivity contribution in [1.29, 1.82) is 0 Å². The van der Waals surface area contributed by atoms with E-state index in [9.17, 15) is 9.59 Å². The van der Waals surface area contributed by atoms with Crippen LogP contribution >= 0.6 is 11.8 Å². The molecule has 1 rings (SSSR count). The van der Waals surface area contributed by atoms with Gasteiger partial charge in [-0.05, 0) is 12.1 Å². The van der Waals surface area contributed by atoms with Crippen LogP contribution < -0.4 is 5.32 Å². The fourth-order valence-electron chi connectivity index (χ4n) is 0.781. The molecule has 0 atom stereocenters. The second kappa shape index (κ2) is 5.37. The first-order chi connectivity index (χ1) is 6.33. The van der Waals surface area contributed by atoms with E-state index in [4.69, 9.17) is 0 Å². The van der Waals surface area contributed by atoms with Crippen molar-refractivity contribution in [3.05, 3.63) is 30.3 Å². The van der Waals surface area contributed by atoms with Crippen molar-refractivity contribution in [3.8, 4) is 0 Å². The summed E-state index contributed by atoms with van der Waals surface area (Å²) in [5, 5.41) is 2.25. The highest BCUT2D eigenvalue weighted by Crippen LogP contribution is 2.16. The number of benzene rings is 1. The van der Waals surface area contributed by atoms with Crippen LogP contribution in [0.5, 0.6) is 0 Å². The predicted octanol–water partition coefficient (Wildman–Crippen LogP) is 1.05. The van der Waals surface area contributed by atoms with Crippen LogP contribution in [0.15, 0.2) is 35.2 Å². The molecule has 1 aromatic rings. The molecule has 4 heteroatoms. The van der Waals surface area contributed by atoms with Gasteiger partial charge in [0.15, 0.2) is 0 Å². The Morgan fingerprint density at radius 2 is 2.08 bits per heavy atom. The van der Waals surface area contributed by atoms with Gasteiger partial charge in [-0.25, -0.2) is 0 Å². The van der Waals surface area contributed by atoms with Crippen LogP contribution in [0.4, 0.5) is 0 Å². The van der Waals surface area contributed by atoms with Gasteiger partial charge in [0, 0.05) is 4.90 Å². The fourth-order valence-corrected chi connectivity index (χ4v) is 1.49. The van der Waals surface area contributed by atoms with Crippen LogP contribution in [0.25, 0.3) is 0 Å². The molecule has 3 nitrogen and oxygen atoms in total. The summed E-state index contributed by atoms with van der Waals surface area (Å²) >= 11 is 1.12. The van der Waals surface area contributed by atoms with Gasteiger partial charge in [0.05, 0.1) is 6.54 Å². The molecule has 0 fully saturated rings. The van der Waals surface area contributed by atoms with Crippen LogP contribution in [0.3, 0.4) is 0 Å². The summed E-state index contributed by atoms with van der Waals surface area (Å²) in [6, 6.07) is 9.32. The van der Waals surface area contributed by atoms with E-state index in [1.807, 2.05) is 30.3 Å². The van der Waals surface area contributed by atoms with Gasteiger partial charge in [-0.2, -0.15) is 0 Å². The first-order valence-electron chi connectivity index (χ1n) is 3.75. The third kappa shape index (κ3) is 3.75. The van der Waals surface area contributed by atoms with E-state index >= 15 is 0 Å². The van der Waals surface area contributed by atoms with E-state index in [-0.39, 0.29) is 11.7 Å². The van der Waals surface area contributed by atoms with Crippen LogP contribution in [0.2, 0.25) is 0 Å². The Hall–Kier alpha value is -1.29. The first-order valence-corrected chi connectivity index (χ1v) is 4.57. The Morgan fingerprint density at radius 3 is 2.69 bits per heavy atom. The summed E-state index contributed by atoms with van der Waals surface area (Å²) in [6.07, 6.45) is 0.517. The Bertz CT molecular complexity index is 287. The summed E-state index contributed by atoms with van der Waals surface area (Å²) in [4.78, 5) is 21.9. The number of carbonyl (C=O) groups excluding carboxylic acids is 2. The molecule has 0 heterocycles. The molecule has 0 saturated carbocycles. The zero-order valence-corrected chi connectivity index (χ0v) is 7.71. The van der Waals surface area contributed by atoms with Crippen molar-refractivity contribution in [1.82, 2.24) is 5.32 Å². The predicted molar refractivity (Wildman–Crippen MR) is 51.4 cm³/mol. The second-order valence-electron chi connectivity index (χ2n) is 2.29. The molecule has 0 radical (unpaired) electrons. The lowest BCUT2D eigenvalue weighted by atomic mass is 10.4. The second-order valence-corrected chi connectivity index (χ2v) is 3.42. The largest absolute Gasteiger partial charge is 0.351 e. The van der Waals surface area contributed by atoms with E-state index in [2.05, 4.69) is 5.32 Å². The molecule has 0 aliphatic heterocycles. The molecule has 0 spiro atoms. The molecule has 0 aromatic heterocycles. The minimum absolute atomic E-state index is 0.0710. The topological polar surface area (TPSA) is 46.2 Å².